The van der Waals surface area contributed by atoms with Gasteiger partial charge in [-0.2, -0.15) is 0 Å². The number of hydrogen-bond acceptors (Lipinski definition) is 10. The number of carbonyl (C=O) groups is 4. The number of aromatic nitrogens is 3. The Bertz CT molecular complexity index is 1390. The largest absolute Gasteiger partial charge is 0.493 e. The highest BCUT2D eigenvalue weighted by molar-refractivity contribution is 5.99. The molecule has 4 atom stereocenters. The maximum Gasteiger partial charge on any atom is 0.252 e. The second kappa shape index (κ2) is 17.8. The van der Waals surface area contributed by atoms with Crippen LogP contribution >= 0.6 is 0 Å². The smallest absolute Gasteiger partial charge is 0.252 e. The fraction of sp³-hybridized carbons (Fsp3) is 0.636. The van der Waals surface area contributed by atoms with Crippen LogP contribution in [-0.2, 0) is 32.3 Å². The zero-order chi connectivity index (χ0) is 34.6. The van der Waals surface area contributed by atoms with E-state index in [1.54, 1.807) is 27.9 Å². The van der Waals surface area contributed by atoms with E-state index in [9.17, 15) is 24.3 Å². The topological polar surface area (TPSA) is 186 Å². The van der Waals surface area contributed by atoms with E-state index >= 15 is 0 Å². The number of nitrogens with one attached hydrogen (secondary N) is 3. The van der Waals surface area contributed by atoms with E-state index in [1.807, 2.05) is 13.8 Å². The highest BCUT2D eigenvalue weighted by atomic mass is 16.5. The zero-order valence-corrected chi connectivity index (χ0v) is 28.3. The van der Waals surface area contributed by atoms with Crippen LogP contribution in [0.3, 0.4) is 0 Å². The third kappa shape index (κ3) is 10.4. The quantitative estimate of drug-likeness (QED) is 0.360. The van der Waals surface area contributed by atoms with E-state index in [1.165, 1.54) is 20.1 Å². The molecule has 0 unspecified atom stereocenters. The van der Waals surface area contributed by atoms with Crippen molar-refractivity contribution in [2.24, 2.45) is 5.92 Å². The van der Waals surface area contributed by atoms with Gasteiger partial charge in [0.1, 0.15) is 30.5 Å². The number of amides is 4. The van der Waals surface area contributed by atoms with Crippen LogP contribution in [0.2, 0.25) is 0 Å². The molecule has 48 heavy (non-hydrogen) atoms. The van der Waals surface area contributed by atoms with Crippen molar-refractivity contribution in [2.75, 3.05) is 33.4 Å². The molecule has 0 spiro atoms. The molecule has 0 radical (unpaired) electrons. The van der Waals surface area contributed by atoms with Crippen molar-refractivity contribution in [3.8, 4) is 11.5 Å². The molecule has 4 rings (SSSR count). The predicted octanol–water partition coefficient (Wildman–Crippen LogP) is 1.18. The molecule has 1 aromatic carbocycles. The van der Waals surface area contributed by atoms with E-state index in [2.05, 4.69) is 26.3 Å². The lowest BCUT2D eigenvalue weighted by atomic mass is 10.0. The minimum absolute atomic E-state index is 0.0292. The van der Waals surface area contributed by atoms with Gasteiger partial charge in [-0.3, -0.25) is 23.9 Å². The van der Waals surface area contributed by atoms with Gasteiger partial charge in [0.2, 0.25) is 11.8 Å². The normalized spacial score (nSPS) is 22.9. The molecule has 0 saturated carbocycles. The van der Waals surface area contributed by atoms with Crippen LogP contribution in [-0.4, -0.2) is 106 Å². The molecule has 2 aromatic rings. The molecule has 3 heterocycles. The molecule has 4 N–H and O–H groups in total. The van der Waals surface area contributed by atoms with Crippen LogP contribution in [0.4, 0.5) is 0 Å². The van der Waals surface area contributed by atoms with E-state index in [4.69, 9.17) is 14.2 Å². The van der Waals surface area contributed by atoms with Gasteiger partial charge < -0.3 is 40.2 Å². The Hall–Kier alpha value is -4.24. The fourth-order valence-electron chi connectivity index (χ4n) is 5.68. The first-order chi connectivity index (χ1) is 23.0. The van der Waals surface area contributed by atoms with Crippen LogP contribution in [0.25, 0.3) is 0 Å². The monoisotopic (exact) mass is 671 g/mol. The van der Waals surface area contributed by atoms with Crippen molar-refractivity contribution in [1.82, 2.24) is 35.8 Å². The van der Waals surface area contributed by atoms with Gasteiger partial charge in [0.05, 0.1) is 19.4 Å². The zero-order valence-electron chi connectivity index (χ0n) is 28.3. The number of nitrogens with zero attached hydrogens (tertiary/aromatic N) is 4. The summed E-state index contributed by atoms with van der Waals surface area (Å²) in [7, 11) is 1.49. The van der Waals surface area contributed by atoms with Crippen molar-refractivity contribution >= 4 is 23.6 Å². The summed E-state index contributed by atoms with van der Waals surface area (Å²) in [6.45, 7) is 7.67. The average Bonchev–Trinajstić information content (AvgIpc) is 3.76. The van der Waals surface area contributed by atoms with Crippen molar-refractivity contribution in [1.29, 1.82) is 0 Å². The van der Waals surface area contributed by atoms with Crippen molar-refractivity contribution < 1.29 is 38.5 Å². The van der Waals surface area contributed by atoms with Crippen molar-refractivity contribution in [3.63, 3.8) is 0 Å². The Labute approximate surface area is 281 Å². The Morgan fingerprint density at radius 3 is 2.56 bits per heavy atom. The van der Waals surface area contributed by atoms with Crippen LogP contribution < -0.4 is 25.4 Å². The number of ether oxygens (including phenoxy) is 3. The summed E-state index contributed by atoms with van der Waals surface area (Å²) in [6, 6.07) is 2.47. The second-order valence-corrected chi connectivity index (χ2v) is 12.7. The first-order valence-corrected chi connectivity index (χ1v) is 16.7. The van der Waals surface area contributed by atoms with Crippen molar-refractivity contribution in [2.45, 2.75) is 96.7 Å². The van der Waals surface area contributed by atoms with Gasteiger partial charge >= 0.3 is 0 Å². The summed E-state index contributed by atoms with van der Waals surface area (Å²) in [5, 5.41) is 27.0. The molecule has 15 heteroatoms. The summed E-state index contributed by atoms with van der Waals surface area (Å²) in [5.74, 6) is -0.966. The lowest BCUT2D eigenvalue weighted by Gasteiger charge is -2.26. The van der Waals surface area contributed by atoms with Gasteiger partial charge in [-0.25, -0.2) is 0 Å². The number of benzene rings is 1. The molecule has 1 saturated heterocycles. The van der Waals surface area contributed by atoms with Crippen LogP contribution in [0, 0.1) is 5.92 Å². The fourth-order valence-corrected chi connectivity index (χ4v) is 5.68. The molecular formula is C33H49N7O8. The number of aliphatic hydroxyl groups is 1. The van der Waals surface area contributed by atoms with Gasteiger partial charge in [-0.15, -0.1) is 5.10 Å². The Morgan fingerprint density at radius 2 is 1.85 bits per heavy atom. The predicted molar refractivity (Wildman–Crippen MR) is 174 cm³/mol. The summed E-state index contributed by atoms with van der Waals surface area (Å²) in [5.41, 5.74) is 0.800. The van der Waals surface area contributed by atoms with Gasteiger partial charge in [0, 0.05) is 38.3 Å². The highest BCUT2D eigenvalue weighted by Gasteiger charge is 2.31. The number of carbonyl (C=O) groups excluding carboxylic acids is 4. The second-order valence-electron chi connectivity index (χ2n) is 12.7. The SMILES string of the molecule is COc1ccc2cc1OCc1cn(nn1)CCCN(C(=O)[C@@H]1CCCO1)CCCCNC(=O)[C@H]([C@@H](C)O)NC(=O)[C@@H](CC(C)C)NC2=O. The summed E-state index contributed by atoms with van der Waals surface area (Å²) < 4.78 is 18.8. The summed E-state index contributed by atoms with van der Waals surface area (Å²) in [4.78, 5) is 54.9. The lowest BCUT2D eigenvalue weighted by Crippen LogP contribution is -2.57. The Morgan fingerprint density at radius 1 is 1.06 bits per heavy atom. The van der Waals surface area contributed by atoms with Crippen LogP contribution in [0.15, 0.2) is 24.4 Å². The van der Waals surface area contributed by atoms with Gasteiger partial charge in [-0.1, -0.05) is 19.1 Å². The number of aryl methyl sites for hydroxylation is 1. The number of methoxy groups -OCH3 is 1. The van der Waals surface area contributed by atoms with Crippen molar-refractivity contribution in [3.05, 3.63) is 35.7 Å². The first-order valence-electron chi connectivity index (χ1n) is 16.7. The van der Waals surface area contributed by atoms with E-state index in [0.29, 0.717) is 75.5 Å². The molecule has 1 aromatic heterocycles. The number of hydrogen-bond donors (Lipinski definition) is 4. The summed E-state index contributed by atoms with van der Waals surface area (Å²) in [6.07, 6.45) is 3.81. The van der Waals surface area contributed by atoms with Crippen LogP contribution in [0.1, 0.15) is 75.3 Å². The molecule has 2 aliphatic heterocycles. The Balaban J connectivity index is 1.56. The molecular weight excluding hydrogens is 622 g/mol. The minimum atomic E-state index is -1.23. The molecule has 4 bridgehead atoms. The molecule has 2 aliphatic rings. The minimum Gasteiger partial charge on any atom is -0.493 e. The van der Waals surface area contributed by atoms with E-state index < -0.39 is 42.0 Å². The van der Waals surface area contributed by atoms with Gasteiger partial charge in [-0.05, 0) is 69.6 Å². The third-order valence-corrected chi connectivity index (χ3v) is 8.27. The van der Waals surface area contributed by atoms with Gasteiger partial charge in [0.15, 0.2) is 11.5 Å². The lowest BCUT2D eigenvalue weighted by molar-refractivity contribution is -0.141. The Kier molecular flexibility index (Phi) is 13.6. The number of aliphatic hydroxyl groups excluding tert-OH is 1. The summed E-state index contributed by atoms with van der Waals surface area (Å²) >= 11 is 0. The molecule has 0 aliphatic carbocycles. The highest BCUT2D eigenvalue weighted by Crippen LogP contribution is 2.29. The first kappa shape index (κ1) is 36.6. The molecule has 15 nitrogen and oxygen atoms in total. The molecule has 4 amide bonds. The molecule has 1 fully saturated rings. The molecule has 264 valence electrons. The van der Waals surface area contributed by atoms with Crippen LogP contribution in [0.5, 0.6) is 11.5 Å². The third-order valence-electron chi connectivity index (χ3n) is 8.27. The van der Waals surface area contributed by atoms with Gasteiger partial charge in [0.25, 0.3) is 11.8 Å². The maximum absolute atomic E-state index is 13.4. The number of fused-ring (bicyclic) bond motifs is 4. The van der Waals surface area contributed by atoms with E-state index in [-0.39, 0.29) is 30.5 Å². The number of rotatable bonds is 5. The average molecular weight is 672 g/mol. The van der Waals surface area contributed by atoms with E-state index in [0.717, 1.165) is 6.42 Å². The standard InChI is InChI=1S/C33H49N7O8/c1-21(2)17-25-31(43)36-29(22(3)41)32(44)34-12-5-6-13-39(33(45)27-9-7-16-47-27)14-8-15-40-19-24(37-38-40)20-48-28-18-23(30(42)35-25)10-11-26(28)46-4/h10-11,18-19,21-22,25,27,29,41H,5-9,12-17,20H2,1-4H3,(H,34,44)(H,35,42)(H,36,43)/t22-,25-,27+,29+/m1/s1. The maximum atomic E-state index is 13.4.